The highest BCUT2D eigenvalue weighted by Gasteiger charge is 1.93. The average Bonchev–Trinajstić information content (AvgIpc) is 2.43. The summed E-state index contributed by atoms with van der Waals surface area (Å²) in [6, 6.07) is 0. The Hall–Kier alpha value is -0.200. The second-order valence-electron chi connectivity index (χ2n) is 4.47. The average molecular weight is 277 g/mol. The predicted molar refractivity (Wildman–Crippen MR) is 76.3 cm³/mol. The number of hydrogen-bond acceptors (Lipinski definition) is 5. The third kappa shape index (κ3) is 17.8. The minimum atomic E-state index is 0.207. The molecule has 5 nitrogen and oxygen atoms in total. The van der Waals surface area contributed by atoms with Crippen LogP contribution < -0.4 is 5.73 Å². The molecule has 0 saturated heterocycles. The maximum absolute atomic E-state index is 8.56. The van der Waals surface area contributed by atoms with Gasteiger partial charge in [-0.3, -0.25) is 0 Å². The molecule has 0 spiro atoms. The first-order valence-electron chi connectivity index (χ1n) is 7.46. The number of nitrogens with two attached hydrogens (primary N) is 1. The van der Waals surface area contributed by atoms with Gasteiger partial charge < -0.3 is 25.1 Å². The predicted octanol–water partition coefficient (Wildman–Crippen LogP) is 1.33. The van der Waals surface area contributed by atoms with Gasteiger partial charge in [-0.1, -0.05) is 0 Å². The van der Waals surface area contributed by atoms with Crippen molar-refractivity contribution >= 4 is 0 Å². The minimum Gasteiger partial charge on any atom is -0.396 e. The maximum Gasteiger partial charge on any atom is 0.0487 e. The molecule has 116 valence electrons. The van der Waals surface area contributed by atoms with E-state index in [0.29, 0.717) is 13.2 Å². The van der Waals surface area contributed by atoms with Crippen molar-refractivity contribution in [2.75, 3.05) is 52.8 Å². The number of aliphatic hydroxyl groups excluding tert-OH is 1. The summed E-state index contributed by atoms with van der Waals surface area (Å²) in [6.45, 7) is 5.52. The van der Waals surface area contributed by atoms with Crippen LogP contribution in [0.4, 0.5) is 0 Å². The van der Waals surface area contributed by atoms with E-state index < -0.39 is 0 Å². The van der Waals surface area contributed by atoms with E-state index >= 15 is 0 Å². The summed E-state index contributed by atoms with van der Waals surface area (Å²) in [5.41, 5.74) is 5.36. The first-order chi connectivity index (χ1) is 9.41. The van der Waals surface area contributed by atoms with Crippen molar-refractivity contribution in [3.05, 3.63) is 0 Å². The van der Waals surface area contributed by atoms with Crippen molar-refractivity contribution in [3.63, 3.8) is 0 Å². The minimum absolute atomic E-state index is 0.207. The first-order valence-corrected chi connectivity index (χ1v) is 7.46. The number of unbranched alkanes of at least 4 members (excludes halogenated alkanes) is 2. The first kappa shape index (κ1) is 18.8. The molecule has 0 aliphatic rings. The Bertz CT molecular complexity index is 142. The van der Waals surface area contributed by atoms with E-state index in [1.54, 1.807) is 0 Å². The summed E-state index contributed by atoms with van der Waals surface area (Å²) in [6.07, 6.45) is 5.82. The lowest BCUT2D eigenvalue weighted by molar-refractivity contribution is 0.0866. The molecule has 0 unspecified atom stereocenters. The molecular weight excluding hydrogens is 246 g/mol. The summed E-state index contributed by atoms with van der Waals surface area (Å²) < 4.78 is 16.2. The molecule has 0 amide bonds. The van der Waals surface area contributed by atoms with Gasteiger partial charge in [0.1, 0.15) is 0 Å². The van der Waals surface area contributed by atoms with Crippen LogP contribution >= 0.6 is 0 Å². The molecule has 0 fully saturated rings. The van der Waals surface area contributed by atoms with E-state index in [0.717, 1.165) is 71.6 Å². The third-order valence-electron chi connectivity index (χ3n) is 2.59. The summed E-state index contributed by atoms with van der Waals surface area (Å²) >= 11 is 0. The van der Waals surface area contributed by atoms with Crippen molar-refractivity contribution in [1.29, 1.82) is 0 Å². The fraction of sp³-hybridized carbons (Fsp3) is 1.00. The summed E-state index contributed by atoms with van der Waals surface area (Å²) in [4.78, 5) is 0. The number of aliphatic hydroxyl groups is 1. The van der Waals surface area contributed by atoms with E-state index in [1.165, 1.54) is 0 Å². The van der Waals surface area contributed by atoms with Gasteiger partial charge in [-0.05, 0) is 45.1 Å². The Balaban J connectivity index is 2.88. The Kier molecular flexibility index (Phi) is 17.6. The normalized spacial score (nSPS) is 11.1. The summed E-state index contributed by atoms with van der Waals surface area (Å²) in [7, 11) is 0. The van der Waals surface area contributed by atoms with Crippen LogP contribution in [0.3, 0.4) is 0 Å². The molecule has 0 aliphatic carbocycles. The van der Waals surface area contributed by atoms with Crippen LogP contribution in [0.1, 0.15) is 38.5 Å². The fourth-order valence-corrected chi connectivity index (χ4v) is 1.47. The molecule has 0 atom stereocenters. The van der Waals surface area contributed by atoms with Crippen molar-refractivity contribution in [2.24, 2.45) is 5.73 Å². The van der Waals surface area contributed by atoms with E-state index in [1.807, 2.05) is 0 Å². The number of hydrogen-bond donors (Lipinski definition) is 2. The van der Waals surface area contributed by atoms with Gasteiger partial charge in [0, 0.05) is 46.2 Å². The number of ether oxygens (including phenoxy) is 3. The second kappa shape index (κ2) is 17.8. The van der Waals surface area contributed by atoms with Gasteiger partial charge in [0.25, 0.3) is 0 Å². The fourth-order valence-electron chi connectivity index (χ4n) is 1.47. The Morgan fingerprint density at radius 3 is 1.32 bits per heavy atom. The lowest BCUT2D eigenvalue weighted by atomic mass is 10.3. The highest BCUT2D eigenvalue weighted by Crippen LogP contribution is 1.96. The molecule has 0 radical (unpaired) electrons. The molecule has 5 heteroatoms. The topological polar surface area (TPSA) is 73.9 Å². The van der Waals surface area contributed by atoms with Gasteiger partial charge in [0.2, 0.25) is 0 Å². The van der Waals surface area contributed by atoms with Gasteiger partial charge in [0.15, 0.2) is 0 Å². The number of rotatable bonds is 16. The SMILES string of the molecule is NCCCOCCCCOCCCCOCCCO. The van der Waals surface area contributed by atoms with Crippen LogP contribution in [0.15, 0.2) is 0 Å². The molecule has 3 N–H and O–H groups in total. The molecule has 0 bridgehead atoms. The maximum atomic E-state index is 8.56. The highest BCUT2D eigenvalue weighted by molar-refractivity contribution is 4.42. The molecule has 0 saturated carbocycles. The van der Waals surface area contributed by atoms with Crippen molar-refractivity contribution in [3.8, 4) is 0 Å². The summed E-state index contributed by atoms with van der Waals surface area (Å²) in [5, 5.41) is 8.56. The van der Waals surface area contributed by atoms with E-state index in [-0.39, 0.29) is 6.61 Å². The van der Waals surface area contributed by atoms with E-state index in [4.69, 9.17) is 25.1 Å². The molecule has 0 aromatic rings. The zero-order valence-electron chi connectivity index (χ0n) is 12.1. The van der Waals surface area contributed by atoms with E-state index in [2.05, 4.69) is 0 Å². The second-order valence-corrected chi connectivity index (χ2v) is 4.47. The van der Waals surface area contributed by atoms with Crippen LogP contribution in [0.25, 0.3) is 0 Å². The lowest BCUT2D eigenvalue weighted by Crippen LogP contribution is -2.06. The molecule has 19 heavy (non-hydrogen) atoms. The van der Waals surface area contributed by atoms with Gasteiger partial charge in [-0.25, -0.2) is 0 Å². The van der Waals surface area contributed by atoms with Gasteiger partial charge in [-0.15, -0.1) is 0 Å². The van der Waals surface area contributed by atoms with Crippen LogP contribution in [0.5, 0.6) is 0 Å². The van der Waals surface area contributed by atoms with Crippen LogP contribution in [0, 0.1) is 0 Å². The van der Waals surface area contributed by atoms with Crippen molar-refractivity contribution < 1.29 is 19.3 Å². The smallest absolute Gasteiger partial charge is 0.0487 e. The van der Waals surface area contributed by atoms with Crippen molar-refractivity contribution in [2.45, 2.75) is 38.5 Å². The molecule has 0 rings (SSSR count). The summed E-state index contributed by atoms with van der Waals surface area (Å²) in [5.74, 6) is 0. The van der Waals surface area contributed by atoms with Crippen molar-refractivity contribution in [1.82, 2.24) is 0 Å². The zero-order valence-corrected chi connectivity index (χ0v) is 12.1. The highest BCUT2D eigenvalue weighted by atomic mass is 16.5. The van der Waals surface area contributed by atoms with Gasteiger partial charge in [-0.2, -0.15) is 0 Å². The lowest BCUT2D eigenvalue weighted by Gasteiger charge is -2.06. The van der Waals surface area contributed by atoms with E-state index in [9.17, 15) is 0 Å². The Labute approximate surface area is 117 Å². The molecule has 0 aromatic carbocycles. The van der Waals surface area contributed by atoms with Crippen LogP contribution in [0.2, 0.25) is 0 Å². The molecule has 0 heterocycles. The van der Waals surface area contributed by atoms with Crippen LogP contribution in [-0.2, 0) is 14.2 Å². The monoisotopic (exact) mass is 277 g/mol. The largest absolute Gasteiger partial charge is 0.396 e. The molecule has 0 aliphatic heterocycles. The van der Waals surface area contributed by atoms with Gasteiger partial charge in [0.05, 0.1) is 0 Å². The molecule has 0 aromatic heterocycles. The van der Waals surface area contributed by atoms with Gasteiger partial charge >= 0.3 is 0 Å². The Morgan fingerprint density at radius 1 is 0.579 bits per heavy atom. The zero-order chi connectivity index (χ0) is 14.0. The molecular formula is C14H31NO4. The standard InChI is InChI=1S/C14H31NO4/c15-7-5-13-18-11-3-1-9-17-10-2-4-12-19-14-6-8-16/h16H,1-15H2. The Morgan fingerprint density at radius 2 is 0.947 bits per heavy atom. The van der Waals surface area contributed by atoms with Crippen LogP contribution in [-0.4, -0.2) is 57.9 Å². The quantitative estimate of drug-likeness (QED) is 0.416. The third-order valence-corrected chi connectivity index (χ3v) is 2.59.